The van der Waals surface area contributed by atoms with E-state index in [1.807, 2.05) is 43.4 Å². The zero-order valence-corrected chi connectivity index (χ0v) is 16.4. The number of hydrogen-bond donors (Lipinski definition) is 0. The van der Waals surface area contributed by atoms with Crippen LogP contribution in [0.5, 0.6) is 0 Å². The molecule has 1 aliphatic carbocycles. The number of hydrogen-bond acceptors (Lipinski definition) is 5. The lowest BCUT2D eigenvalue weighted by atomic mass is 9.91. The summed E-state index contributed by atoms with van der Waals surface area (Å²) < 4.78 is 10.5. The van der Waals surface area contributed by atoms with E-state index in [0.29, 0.717) is 12.2 Å². The Labute approximate surface area is 166 Å². The van der Waals surface area contributed by atoms with Crippen LogP contribution in [-0.2, 0) is 9.47 Å². The first-order valence-corrected chi connectivity index (χ1v) is 9.80. The van der Waals surface area contributed by atoms with Gasteiger partial charge in [0.25, 0.3) is 0 Å². The molecular weight excluding hydrogens is 352 g/mol. The highest BCUT2D eigenvalue weighted by Gasteiger charge is 2.32. The van der Waals surface area contributed by atoms with Gasteiger partial charge in [-0.15, -0.1) is 0 Å². The number of likely N-dealkylation sites (N-methyl/N-ethyl adjacent to an activating group) is 1. The topological polar surface area (TPSA) is 62.6 Å². The van der Waals surface area contributed by atoms with E-state index in [1.165, 1.54) is 0 Å². The van der Waals surface area contributed by atoms with Crippen molar-refractivity contribution in [3.8, 4) is 17.2 Å². The van der Waals surface area contributed by atoms with Crippen molar-refractivity contribution in [3.63, 3.8) is 0 Å². The minimum atomic E-state index is -0.587. The van der Waals surface area contributed by atoms with Gasteiger partial charge in [-0.3, -0.25) is 0 Å². The maximum atomic E-state index is 11.8. The van der Waals surface area contributed by atoms with Crippen LogP contribution in [0.4, 0.5) is 10.5 Å². The average molecular weight is 378 g/mol. The summed E-state index contributed by atoms with van der Waals surface area (Å²) >= 11 is 0. The Hall–Kier alpha value is -3.00. The van der Waals surface area contributed by atoms with Gasteiger partial charge in [-0.05, 0) is 55.5 Å². The minimum absolute atomic E-state index is 0.121. The first kappa shape index (κ1) is 19.8. The van der Waals surface area contributed by atoms with Crippen molar-refractivity contribution >= 4 is 11.8 Å². The van der Waals surface area contributed by atoms with E-state index in [4.69, 9.17) is 9.47 Å². The second kappa shape index (κ2) is 9.27. The van der Waals surface area contributed by atoms with Gasteiger partial charge >= 0.3 is 6.16 Å². The van der Waals surface area contributed by atoms with Crippen LogP contribution in [0.2, 0.25) is 0 Å². The first-order chi connectivity index (χ1) is 13.6. The molecule has 146 valence electrons. The number of nitriles is 1. The number of rotatable bonds is 5. The van der Waals surface area contributed by atoms with Gasteiger partial charge in [0.1, 0.15) is 6.10 Å². The molecule has 0 saturated heterocycles. The van der Waals surface area contributed by atoms with Crippen LogP contribution in [-0.4, -0.2) is 32.0 Å². The largest absolute Gasteiger partial charge is 0.508 e. The number of anilines is 1. The van der Waals surface area contributed by atoms with Gasteiger partial charge in [0.05, 0.1) is 24.3 Å². The van der Waals surface area contributed by atoms with E-state index in [2.05, 4.69) is 23.1 Å². The standard InChI is InChI=1S/C23H26N2O3/c1-3-27-23(26)28-22-11-7-6-10-21(22)25(2)19-14-12-17(13-15-19)20-9-5-4-8-18(20)16-24/h4-5,8-9,12-15,21-22H,3,6-7,10-11H2,1-2H3/t21-,22+/m0/s1. The van der Waals surface area contributed by atoms with Crippen LogP contribution in [0.3, 0.4) is 0 Å². The first-order valence-electron chi connectivity index (χ1n) is 9.80. The minimum Gasteiger partial charge on any atom is -0.435 e. The molecule has 28 heavy (non-hydrogen) atoms. The molecule has 2 aromatic carbocycles. The number of carbonyl (C=O) groups excluding carboxylic acids is 1. The van der Waals surface area contributed by atoms with Crippen molar-refractivity contribution in [3.05, 3.63) is 54.1 Å². The van der Waals surface area contributed by atoms with E-state index in [0.717, 1.165) is 42.5 Å². The molecule has 0 aromatic heterocycles. The Kier molecular flexibility index (Phi) is 6.54. The Morgan fingerprint density at radius 2 is 1.86 bits per heavy atom. The van der Waals surface area contributed by atoms with Gasteiger partial charge in [0, 0.05) is 12.7 Å². The number of carbonyl (C=O) groups is 1. The van der Waals surface area contributed by atoms with Crippen molar-refractivity contribution in [2.75, 3.05) is 18.6 Å². The molecule has 0 heterocycles. The predicted molar refractivity (Wildman–Crippen MR) is 109 cm³/mol. The lowest BCUT2D eigenvalue weighted by molar-refractivity contribution is 0.00554. The van der Waals surface area contributed by atoms with Crippen LogP contribution in [0.25, 0.3) is 11.1 Å². The predicted octanol–water partition coefficient (Wildman–Crippen LogP) is 5.15. The van der Waals surface area contributed by atoms with Gasteiger partial charge in [-0.1, -0.05) is 36.8 Å². The van der Waals surface area contributed by atoms with E-state index < -0.39 is 6.16 Å². The Morgan fingerprint density at radius 3 is 2.57 bits per heavy atom. The van der Waals surface area contributed by atoms with Crippen LogP contribution in [0, 0.1) is 11.3 Å². The van der Waals surface area contributed by atoms with E-state index in [9.17, 15) is 10.1 Å². The number of ether oxygens (including phenoxy) is 2. The molecule has 0 bridgehead atoms. The quantitative estimate of drug-likeness (QED) is 0.674. The summed E-state index contributed by atoms with van der Waals surface area (Å²) in [5.41, 5.74) is 3.67. The molecule has 3 rings (SSSR count). The molecule has 1 fully saturated rings. The normalized spacial score (nSPS) is 18.8. The summed E-state index contributed by atoms with van der Waals surface area (Å²) in [7, 11) is 2.04. The smallest absolute Gasteiger partial charge is 0.435 e. The molecule has 0 unspecified atom stereocenters. The van der Waals surface area contributed by atoms with Gasteiger partial charge in [0.15, 0.2) is 0 Å². The van der Waals surface area contributed by atoms with Crippen molar-refractivity contribution in [1.29, 1.82) is 5.26 Å². The third-order valence-corrected chi connectivity index (χ3v) is 5.31. The van der Waals surface area contributed by atoms with Crippen molar-refractivity contribution in [2.45, 2.75) is 44.8 Å². The van der Waals surface area contributed by atoms with Crippen molar-refractivity contribution in [1.82, 2.24) is 0 Å². The second-order valence-corrected chi connectivity index (χ2v) is 7.01. The lowest BCUT2D eigenvalue weighted by Gasteiger charge is -2.38. The molecule has 0 aliphatic heterocycles. The van der Waals surface area contributed by atoms with Crippen LogP contribution in [0.15, 0.2) is 48.5 Å². The van der Waals surface area contributed by atoms with E-state index in [-0.39, 0.29) is 12.1 Å². The number of benzene rings is 2. The van der Waals surface area contributed by atoms with Gasteiger partial charge in [-0.25, -0.2) is 4.79 Å². The molecule has 0 amide bonds. The highest BCUT2D eigenvalue weighted by molar-refractivity contribution is 5.72. The highest BCUT2D eigenvalue weighted by Crippen LogP contribution is 2.31. The summed E-state index contributed by atoms with van der Waals surface area (Å²) in [6, 6.07) is 18.1. The fourth-order valence-electron chi connectivity index (χ4n) is 3.83. The highest BCUT2D eigenvalue weighted by atomic mass is 16.7. The molecular formula is C23H26N2O3. The van der Waals surface area contributed by atoms with Crippen molar-refractivity contribution in [2.24, 2.45) is 0 Å². The summed E-state index contributed by atoms with van der Waals surface area (Å²) in [4.78, 5) is 14.0. The van der Waals surface area contributed by atoms with Gasteiger partial charge in [-0.2, -0.15) is 5.26 Å². The molecule has 1 aliphatic rings. The fraction of sp³-hybridized carbons (Fsp3) is 0.391. The monoisotopic (exact) mass is 378 g/mol. The van der Waals surface area contributed by atoms with Gasteiger partial charge in [0.2, 0.25) is 0 Å². The molecule has 0 spiro atoms. The summed E-state index contributed by atoms with van der Waals surface area (Å²) in [5.74, 6) is 0. The summed E-state index contributed by atoms with van der Waals surface area (Å²) in [6.45, 7) is 2.09. The van der Waals surface area contributed by atoms with E-state index in [1.54, 1.807) is 6.92 Å². The molecule has 1 saturated carbocycles. The van der Waals surface area contributed by atoms with Gasteiger partial charge < -0.3 is 14.4 Å². The molecule has 5 nitrogen and oxygen atoms in total. The fourth-order valence-corrected chi connectivity index (χ4v) is 3.83. The van der Waals surface area contributed by atoms with Crippen molar-refractivity contribution < 1.29 is 14.3 Å². The Balaban J connectivity index is 1.76. The zero-order chi connectivity index (χ0) is 19.9. The molecule has 0 radical (unpaired) electrons. The second-order valence-electron chi connectivity index (χ2n) is 7.01. The molecule has 5 heteroatoms. The summed E-state index contributed by atoms with van der Waals surface area (Å²) in [5, 5.41) is 9.32. The summed E-state index contributed by atoms with van der Waals surface area (Å²) in [6.07, 6.45) is 3.23. The van der Waals surface area contributed by atoms with E-state index >= 15 is 0 Å². The molecule has 2 atom stereocenters. The lowest BCUT2D eigenvalue weighted by Crippen LogP contribution is -2.45. The zero-order valence-electron chi connectivity index (χ0n) is 16.4. The third-order valence-electron chi connectivity index (χ3n) is 5.31. The van der Waals surface area contributed by atoms with Crippen LogP contribution >= 0.6 is 0 Å². The average Bonchev–Trinajstić information content (AvgIpc) is 2.74. The van der Waals surface area contributed by atoms with Crippen LogP contribution < -0.4 is 4.90 Å². The third kappa shape index (κ3) is 4.45. The number of nitrogens with zero attached hydrogens (tertiary/aromatic N) is 2. The molecule has 2 aromatic rings. The SMILES string of the molecule is CCOC(=O)O[C@@H]1CCCC[C@@H]1N(C)c1ccc(-c2ccccc2C#N)cc1. The molecule has 0 N–H and O–H groups in total. The maximum absolute atomic E-state index is 11.8. The Morgan fingerprint density at radius 1 is 1.14 bits per heavy atom. The Bertz CT molecular complexity index is 842. The van der Waals surface area contributed by atoms with Crippen LogP contribution in [0.1, 0.15) is 38.2 Å². The maximum Gasteiger partial charge on any atom is 0.508 e.